The molecule has 0 spiro atoms. The Morgan fingerprint density at radius 2 is 1.70 bits per heavy atom. The lowest BCUT2D eigenvalue weighted by Crippen LogP contribution is -2.21. The third-order valence-corrected chi connectivity index (χ3v) is 4.29. The fraction of sp³-hybridized carbons (Fsp3) is 0.143. The number of anilines is 1. The van der Waals surface area contributed by atoms with E-state index in [9.17, 15) is 26.1 Å². The highest BCUT2D eigenvalue weighted by Gasteiger charge is 2.34. The Morgan fingerprint density at radius 3 is 2.22 bits per heavy atom. The van der Waals surface area contributed by atoms with Crippen LogP contribution in [-0.4, -0.2) is 13.0 Å². The molecule has 0 heterocycles. The molecule has 0 bridgehead atoms. The molecule has 1 atom stereocenters. The Balaban J connectivity index is 2.42. The molecule has 0 amide bonds. The SMILES string of the molecule is O=S(=O)(O)C(Nc1ccc(Cl)c(C(F)(F)F)c1)c1ccccc1. The van der Waals surface area contributed by atoms with Gasteiger partial charge in [0.05, 0.1) is 10.6 Å². The van der Waals surface area contributed by atoms with Crippen molar-refractivity contribution in [3.8, 4) is 0 Å². The molecule has 2 aromatic rings. The average molecular weight is 366 g/mol. The van der Waals surface area contributed by atoms with Crippen LogP contribution >= 0.6 is 11.6 Å². The van der Waals surface area contributed by atoms with Crippen molar-refractivity contribution in [1.29, 1.82) is 0 Å². The van der Waals surface area contributed by atoms with Crippen molar-refractivity contribution in [1.82, 2.24) is 0 Å². The van der Waals surface area contributed by atoms with Crippen molar-refractivity contribution >= 4 is 27.4 Å². The number of halogens is 4. The Hall–Kier alpha value is -1.77. The second-order valence-corrected chi connectivity index (χ2v) is 6.55. The lowest BCUT2D eigenvalue weighted by atomic mass is 10.1. The van der Waals surface area contributed by atoms with Crippen LogP contribution in [0.4, 0.5) is 18.9 Å². The summed E-state index contributed by atoms with van der Waals surface area (Å²) < 4.78 is 70.9. The number of alkyl halides is 3. The first-order valence-electron chi connectivity index (χ1n) is 6.23. The maximum absolute atomic E-state index is 12.8. The van der Waals surface area contributed by atoms with E-state index < -0.39 is 32.3 Å². The minimum absolute atomic E-state index is 0.145. The third kappa shape index (κ3) is 4.37. The Morgan fingerprint density at radius 1 is 1.09 bits per heavy atom. The Bertz CT molecular complexity index is 795. The monoisotopic (exact) mass is 365 g/mol. The standard InChI is InChI=1S/C14H11ClF3NO3S/c15-12-7-6-10(8-11(12)14(16,17)18)19-13(23(20,21)22)9-4-2-1-3-5-9/h1-8,13,19H,(H,20,21,22). The van der Waals surface area contributed by atoms with Crippen LogP contribution in [0.2, 0.25) is 5.02 Å². The summed E-state index contributed by atoms with van der Waals surface area (Å²) in [5.41, 5.74) is -1.07. The van der Waals surface area contributed by atoms with Crippen molar-refractivity contribution in [2.75, 3.05) is 5.32 Å². The summed E-state index contributed by atoms with van der Waals surface area (Å²) in [7, 11) is -4.60. The van der Waals surface area contributed by atoms with Crippen LogP contribution in [0.5, 0.6) is 0 Å². The fourth-order valence-corrected chi connectivity index (χ4v) is 2.95. The lowest BCUT2D eigenvalue weighted by molar-refractivity contribution is -0.137. The molecule has 23 heavy (non-hydrogen) atoms. The van der Waals surface area contributed by atoms with Crippen LogP contribution in [0.3, 0.4) is 0 Å². The van der Waals surface area contributed by atoms with Crippen LogP contribution in [0.15, 0.2) is 48.5 Å². The first kappa shape index (κ1) is 17.6. The minimum atomic E-state index is -4.69. The Labute approximate surface area is 135 Å². The van der Waals surface area contributed by atoms with Gasteiger partial charge in [-0.05, 0) is 23.8 Å². The topological polar surface area (TPSA) is 66.4 Å². The van der Waals surface area contributed by atoms with Crippen molar-refractivity contribution < 1.29 is 26.1 Å². The quantitative estimate of drug-likeness (QED) is 0.790. The van der Waals surface area contributed by atoms with Crippen LogP contribution in [-0.2, 0) is 16.3 Å². The highest BCUT2D eigenvalue weighted by Crippen LogP contribution is 2.37. The zero-order valence-corrected chi connectivity index (χ0v) is 13.0. The largest absolute Gasteiger partial charge is 0.417 e. The second kappa shape index (κ2) is 6.38. The van der Waals surface area contributed by atoms with Gasteiger partial charge in [0, 0.05) is 5.69 Å². The number of rotatable bonds is 4. The molecule has 0 aliphatic heterocycles. The lowest BCUT2D eigenvalue weighted by Gasteiger charge is -2.19. The zero-order valence-electron chi connectivity index (χ0n) is 11.4. The molecule has 124 valence electrons. The van der Waals surface area contributed by atoms with E-state index in [4.69, 9.17) is 11.6 Å². The molecule has 0 aliphatic rings. The fourth-order valence-electron chi connectivity index (χ4n) is 1.94. The van der Waals surface area contributed by atoms with Gasteiger partial charge in [0.1, 0.15) is 0 Å². The van der Waals surface area contributed by atoms with Crippen LogP contribution < -0.4 is 5.32 Å². The number of hydrogen-bond acceptors (Lipinski definition) is 3. The molecule has 2 aromatic carbocycles. The molecule has 0 radical (unpaired) electrons. The van der Waals surface area contributed by atoms with Crippen molar-refractivity contribution in [2.45, 2.75) is 11.6 Å². The molecule has 1 unspecified atom stereocenters. The number of hydrogen-bond donors (Lipinski definition) is 2. The van der Waals surface area contributed by atoms with E-state index in [1.54, 1.807) is 6.07 Å². The molecular formula is C14H11ClF3NO3S. The summed E-state index contributed by atoms with van der Waals surface area (Å²) >= 11 is 5.51. The number of benzene rings is 2. The van der Waals surface area contributed by atoms with E-state index in [0.29, 0.717) is 6.07 Å². The molecule has 0 fully saturated rings. The second-order valence-electron chi connectivity index (χ2n) is 4.64. The molecule has 2 rings (SSSR count). The van der Waals surface area contributed by atoms with Crippen LogP contribution in [0.25, 0.3) is 0 Å². The molecule has 0 aliphatic carbocycles. The van der Waals surface area contributed by atoms with Crippen LogP contribution in [0.1, 0.15) is 16.5 Å². The molecule has 4 nitrogen and oxygen atoms in total. The molecule has 0 saturated carbocycles. The maximum atomic E-state index is 12.8. The van der Waals surface area contributed by atoms with Crippen molar-refractivity contribution in [3.05, 3.63) is 64.7 Å². The predicted octanol–water partition coefficient (Wildman–Crippen LogP) is 4.36. The minimum Gasteiger partial charge on any atom is -0.363 e. The molecule has 0 saturated heterocycles. The van der Waals surface area contributed by atoms with E-state index in [0.717, 1.165) is 6.07 Å². The van der Waals surface area contributed by atoms with Crippen LogP contribution in [0, 0.1) is 0 Å². The van der Waals surface area contributed by atoms with E-state index in [1.807, 2.05) is 0 Å². The van der Waals surface area contributed by atoms with Gasteiger partial charge in [-0.2, -0.15) is 21.6 Å². The van der Waals surface area contributed by atoms with Gasteiger partial charge in [-0.3, -0.25) is 4.55 Å². The summed E-state index contributed by atoms with van der Waals surface area (Å²) in [6, 6.07) is 10.4. The molecule has 0 aromatic heterocycles. The first-order chi connectivity index (χ1) is 10.6. The first-order valence-corrected chi connectivity index (χ1v) is 8.11. The highest BCUT2D eigenvalue weighted by atomic mass is 35.5. The summed E-state index contributed by atoms with van der Waals surface area (Å²) in [6.45, 7) is 0. The summed E-state index contributed by atoms with van der Waals surface area (Å²) in [6.07, 6.45) is -4.69. The summed E-state index contributed by atoms with van der Waals surface area (Å²) in [5, 5.41) is 0.265. The molecular weight excluding hydrogens is 355 g/mol. The van der Waals surface area contributed by atoms with E-state index in [1.165, 1.54) is 30.3 Å². The van der Waals surface area contributed by atoms with Gasteiger partial charge in [-0.25, -0.2) is 0 Å². The average Bonchev–Trinajstić information content (AvgIpc) is 2.44. The van der Waals surface area contributed by atoms with E-state index >= 15 is 0 Å². The zero-order chi connectivity index (χ0) is 17.3. The normalized spacial score (nSPS) is 13.6. The van der Waals surface area contributed by atoms with Gasteiger partial charge in [-0.1, -0.05) is 41.9 Å². The number of nitrogens with one attached hydrogen (secondary N) is 1. The van der Waals surface area contributed by atoms with E-state index in [-0.39, 0.29) is 11.3 Å². The highest BCUT2D eigenvalue weighted by molar-refractivity contribution is 7.86. The Kier molecular flexibility index (Phi) is 4.88. The molecule has 9 heteroatoms. The predicted molar refractivity (Wildman–Crippen MR) is 80.8 cm³/mol. The third-order valence-electron chi connectivity index (χ3n) is 2.97. The summed E-state index contributed by atoms with van der Waals surface area (Å²) in [5.74, 6) is 0. The van der Waals surface area contributed by atoms with Gasteiger partial charge < -0.3 is 5.32 Å². The van der Waals surface area contributed by atoms with Crippen molar-refractivity contribution in [3.63, 3.8) is 0 Å². The smallest absolute Gasteiger partial charge is 0.363 e. The van der Waals surface area contributed by atoms with Gasteiger partial charge in [0.25, 0.3) is 10.1 Å². The van der Waals surface area contributed by atoms with Gasteiger partial charge in [-0.15, -0.1) is 0 Å². The summed E-state index contributed by atoms with van der Waals surface area (Å²) in [4.78, 5) is 0. The maximum Gasteiger partial charge on any atom is 0.417 e. The van der Waals surface area contributed by atoms with Crippen molar-refractivity contribution in [2.24, 2.45) is 0 Å². The van der Waals surface area contributed by atoms with E-state index in [2.05, 4.69) is 5.32 Å². The van der Waals surface area contributed by atoms with Gasteiger partial charge >= 0.3 is 6.18 Å². The van der Waals surface area contributed by atoms with Gasteiger partial charge in [0.2, 0.25) is 0 Å². The molecule has 2 N–H and O–H groups in total. The van der Waals surface area contributed by atoms with Gasteiger partial charge in [0.15, 0.2) is 5.37 Å².